The molecule has 0 aliphatic carbocycles. The van der Waals surface area contributed by atoms with Gasteiger partial charge in [-0.3, -0.25) is 9.59 Å². The minimum atomic E-state index is -4.58. The molecule has 2 aromatic rings. The Hall–Kier alpha value is -2.65. The average molecular weight is 302 g/mol. The SMILES string of the molecule is O=C(CC(F)(F)F)NCc1nc(-c2ccc[nH]c2=O)no1. The van der Waals surface area contributed by atoms with Crippen LogP contribution >= 0.6 is 0 Å². The summed E-state index contributed by atoms with van der Waals surface area (Å²) in [6.45, 7) is -0.355. The zero-order chi connectivity index (χ0) is 15.5. The van der Waals surface area contributed by atoms with Crippen LogP contribution < -0.4 is 10.9 Å². The minimum Gasteiger partial charge on any atom is -0.347 e. The lowest BCUT2D eigenvalue weighted by atomic mass is 10.3. The van der Waals surface area contributed by atoms with Crippen molar-refractivity contribution in [2.45, 2.75) is 19.1 Å². The van der Waals surface area contributed by atoms with Crippen LogP contribution in [0.2, 0.25) is 0 Å². The van der Waals surface area contributed by atoms with Crippen LogP contribution in [0.4, 0.5) is 13.2 Å². The fourth-order valence-corrected chi connectivity index (χ4v) is 1.45. The van der Waals surface area contributed by atoms with Gasteiger partial charge in [-0.2, -0.15) is 18.2 Å². The number of hydrogen-bond acceptors (Lipinski definition) is 5. The molecule has 1 amide bonds. The van der Waals surface area contributed by atoms with Crippen molar-refractivity contribution in [2.24, 2.45) is 0 Å². The largest absolute Gasteiger partial charge is 0.397 e. The quantitative estimate of drug-likeness (QED) is 0.877. The second kappa shape index (κ2) is 5.77. The van der Waals surface area contributed by atoms with Crippen LogP contribution in [-0.4, -0.2) is 27.2 Å². The molecule has 2 rings (SSSR count). The highest BCUT2D eigenvalue weighted by Crippen LogP contribution is 2.19. The van der Waals surface area contributed by atoms with Crippen LogP contribution in [0.25, 0.3) is 11.4 Å². The van der Waals surface area contributed by atoms with E-state index >= 15 is 0 Å². The Labute approximate surface area is 115 Å². The number of aromatic nitrogens is 3. The second-order valence-corrected chi connectivity index (χ2v) is 3.99. The number of aromatic amines is 1. The molecule has 0 spiro atoms. The first-order valence-electron chi connectivity index (χ1n) is 5.69. The van der Waals surface area contributed by atoms with E-state index in [4.69, 9.17) is 4.52 Å². The van der Waals surface area contributed by atoms with Gasteiger partial charge >= 0.3 is 6.18 Å². The summed E-state index contributed by atoms with van der Waals surface area (Å²) < 4.78 is 40.6. The lowest BCUT2D eigenvalue weighted by Gasteiger charge is -2.05. The number of nitrogens with one attached hydrogen (secondary N) is 2. The molecule has 7 nitrogen and oxygen atoms in total. The number of carbonyl (C=O) groups is 1. The number of pyridine rings is 1. The van der Waals surface area contributed by atoms with Gasteiger partial charge in [0, 0.05) is 6.20 Å². The van der Waals surface area contributed by atoms with Crippen molar-refractivity contribution >= 4 is 5.91 Å². The summed E-state index contributed by atoms with van der Waals surface area (Å²) in [4.78, 5) is 28.7. The standard InChI is InChI=1S/C11H9F3N4O3/c12-11(13,14)4-7(19)16-5-8-17-9(18-21-8)6-2-1-3-15-10(6)20/h1-3H,4-5H2,(H,15,20)(H,16,19). The van der Waals surface area contributed by atoms with Crippen LogP contribution in [0, 0.1) is 0 Å². The van der Waals surface area contributed by atoms with Gasteiger partial charge in [0.1, 0.15) is 6.42 Å². The summed E-state index contributed by atoms with van der Waals surface area (Å²) in [5.74, 6) is -1.33. The Morgan fingerprint density at radius 2 is 2.19 bits per heavy atom. The topological polar surface area (TPSA) is 101 Å². The molecule has 10 heteroatoms. The van der Waals surface area contributed by atoms with Gasteiger partial charge in [-0.05, 0) is 12.1 Å². The van der Waals surface area contributed by atoms with Crippen molar-refractivity contribution < 1.29 is 22.5 Å². The Morgan fingerprint density at radius 3 is 2.86 bits per heavy atom. The van der Waals surface area contributed by atoms with Gasteiger partial charge in [0.15, 0.2) is 0 Å². The molecule has 0 aliphatic rings. The number of H-pyrrole nitrogens is 1. The maximum absolute atomic E-state index is 12.0. The van der Waals surface area contributed by atoms with E-state index in [1.807, 2.05) is 5.32 Å². The van der Waals surface area contributed by atoms with E-state index in [0.717, 1.165) is 0 Å². The summed E-state index contributed by atoms with van der Waals surface area (Å²) in [5, 5.41) is 5.51. The van der Waals surface area contributed by atoms with Crippen molar-refractivity contribution in [3.05, 3.63) is 34.6 Å². The molecule has 0 fully saturated rings. The van der Waals surface area contributed by atoms with Crippen LogP contribution in [0.3, 0.4) is 0 Å². The second-order valence-electron chi connectivity index (χ2n) is 3.99. The zero-order valence-corrected chi connectivity index (χ0v) is 10.4. The van der Waals surface area contributed by atoms with E-state index in [-0.39, 0.29) is 23.8 Å². The zero-order valence-electron chi connectivity index (χ0n) is 10.4. The van der Waals surface area contributed by atoms with Gasteiger partial charge in [-0.15, -0.1) is 0 Å². The first kappa shape index (κ1) is 14.8. The highest BCUT2D eigenvalue weighted by atomic mass is 19.4. The van der Waals surface area contributed by atoms with Gasteiger partial charge in [-0.1, -0.05) is 5.16 Å². The lowest BCUT2D eigenvalue weighted by Crippen LogP contribution is -2.28. The number of rotatable bonds is 4. The van der Waals surface area contributed by atoms with Crippen molar-refractivity contribution in [3.63, 3.8) is 0 Å². The predicted octanol–water partition coefficient (Wildman–Crippen LogP) is 0.993. The fraction of sp³-hybridized carbons (Fsp3) is 0.273. The number of nitrogens with zero attached hydrogens (tertiary/aromatic N) is 2. The van der Waals surface area contributed by atoms with E-state index in [9.17, 15) is 22.8 Å². The molecular formula is C11H9F3N4O3. The normalized spacial score (nSPS) is 11.4. The van der Waals surface area contributed by atoms with Crippen molar-refractivity contribution in [2.75, 3.05) is 0 Å². The van der Waals surface area contributed by atoms with Crippen LogP contribution in [0.15, 0.2) is 27.6 Å². The third-order valence-corrected chi connectivity index (χ3v) is 2.32. The minimum absolute atomic E-state index is 0.0167. The summed E-state index contributed by atoms with van der Waals surface area (Å²) >= 11 is 0. The number of alkyl halides is 3. The highest BCUT2D eigenvalue weighted by molar-refractivity contribution is 5.76. The molecule has 2 aromatic heterocycles. The van der Waals surface area contributed by atoms with Crippen molar-refractivity contribution in [1.82, 2.24) is 20.4 Å². The monoisotopic (exact) mass is 302 g/mol. The smallest absolute Gasteiger partial charge is 0.347 e. The third-order valence-electron chi connectivity index (χ3n) is 2.32. The lowest BCUT2D eigenvalue weighted by molar-refractivity contribution is -0.153. The van der Waals surface area contributed by atoms with Crippen LogP contribution in [-0.2, 0) is 11.3 Å². The Kier molecular flexibility index (Phi) is 4.05. The van der Waals surface area contributed by atoms with E-state index in [1.165, 1.54) is 12.3 Å². The molecule has 0 saturated carbocycles. The molecule has 0 aromatic carbocycles. The summed E-state index contributed by atoms with van der Waals surface area (Å²) in [6.07, 6.45) is -4.75. The fourth-order valence-electron chi connectivity index (χ4n) is 1.45. The van der Waals surface area contributed by atoms with Gasteiger partial charge in [0.2, 0.25) is 17.6 Å². The van der Waals surface area contributed by atoms with E-state index < -0.39 is 24.1 Å². The molecule has 112 valence electrons. The van der Waals surface area contributed by atoms with Crippen molar-refractivity contribution in [3.8, 4) is 11.4 Å². The molecule has 2 heterocycles. The van der Waals surface area contributed by atoms with E-state index in [1.54, 1.807) is 6.07 Å². The number of halogens is 3. The maximum atomic E-state index is 12.0. The molecule has 2 N–H and O–H groups in total. The van der Waals surface area contributed by atoms with Gasteiger partial charge < -0.3 is 14.8 Å². The molecule has 0 saturated heterocycles. The average Bonchev–Trinajstić information content (AvgIpc) is 2.83. The predicted molar refractivity (Wildman–Crippen MR) is 62.9 cm³/mol. The van der Waals surface area contributed by atoms with Gasteiger partial charge in [0.25, 0.3) is 5.56 Å². The first-order chi connectivity index (χ1) is 9.85. The van der Waals surface area contributed by atoms with Gasteiger partial charge in [-0.25, -0.2) is 0 Å². The molecule has 21 heavy (non-hydrogen) atoms. The summed E-state index contributed by atoms with van der Waals surface area (Å²) in [5.41, 5.74) is -0.292. The number of amides is 1. The van der Waals surface area contributed by atoms with Crippen LogP contribution in [0.1, 0.15) is 12.3 Å². The molecule has 0 bridgehead atoms. The first-order valence-corrected chi connectivity index (χ1v) is 5.69. The third kappa shape index (κ3) is 4.16. The molecular weight excluding hydrogens is 293 g/mol. The number of hydrogen-bond donors (Lipinski definition) is 2. The van der Waals surface area contributed by atoms with E-state index in [2.05, 4.69) is 15.1 Å². The molecule has 0 atom stereocenters. The molecule has 0 radical (unpaired) electrons. The number of carbonyl (C=O) groups excluding carboxylic acids is 1. The summed E-state index contributed by atoms with van der Waals surface area (Å²) in [6, 6.07) is 3.01. The van der Waals surface area contributed by atoms with E-state index in [0.29, 0.717) is 0 Å². The summed E-state index contributed by atoms with van der Waals surface area (Å²) in [7, 11) is 0. The highest BCUT2D eigenvalue weighted by Gasteiger charge is 2.31. The molecule has 0 unspecified atom stereocenters. The van der Waals surface area contributed by atoms with Crippen LogP contribution in [0.5, 0.6) is 0 Å². The van der Waals surface area contributed by atoms with Gasteiger partial charge in [0.05, 0.1) is 12.1 Å². The Balaban J connectivity index is 2.00. The van der Waals surface area contributed by atoms with Crippen molar-refractivity contribution in [1.29, 1.82) is 0 Å². The Bertz CT molecular complexity index is 692. The Morgan fingerprint density at radius 1 is 1.43 bits per heavy atom. The molecule has 0 aliphatic heterocycles. The maximum Gasteiger partial charge on any atom is 0.397 e.